The summed E-state index contributed by atoms with van der Waals surface area (Å²) in [7, 11) is 0. The van der Waals surface area contributed by atoms with Gasteiger partial charge in [0.1, 0.15) is 4.99 Å². The number of hydrogen-bond donors (Lipinski definition) is 2. The van der Waals surface area contributed by atoms with E-state index < -0.39 is 0 Å². The van der Waals surface area contributed by atoms with Crippen LogP contribution in [0.25, 0.3) is 0 Å². The fraction of sp³-hybridized carbons (Fsp3) is 0.188. The maximum atomic E-state index is 6.07. The molecule has 104 valence electrons. The molecular formula is C16H17ClN2S. The lowest BCUT2D eigenvalue weighted by molar-refractivity contribution is 0.749. The summed E-state index contributed by atoms with van der Waals surface area (Å²) in [5.74, 6) is 0. The first-order chi connectivity index (χ1) is 9.61. The average molecular weight is 305 g/mol. The average Bonchev–Trinajstić information content (AvgIpc) is 2.45. The van der Waals surface area contributed by atoms with Gasteiger partial charge in [0.05, 0.1) is 6.04 Å². The lowest BCUT2D eigenvalue weighted by Gasteiger charge is -2.21. The first kappa shape index (κ1) is 14.8. The van der Waals surface area contributed by atoms with E-state index in [2.05, 4.69) is 24.4 Å². The van der Waals surface area contributed by atoms with Crippen molar-refractivity contribution in [1.29, 1.82) is 0 Å². The quantitative estimate of drug-likeness (QED) is 0.797. The second-order valence-electron chi connectivity index (χ2n) is 4.57. The van der Waals surface area contributed by atoms with Crippen LogP contribution in [0.2, 0.25) is 5.02 Å². The second kappa shape index (κ2) is 6.73. The molecule has 2 aromatic carbocycles. The molecule has 0 fully saturated rings. The smallest absolute Gasteiger partial charge is 0.106 e. The van der Waals surface area contributed by atoms with Crippen molar-refractivity contribution < 1.29 is 0 Å². The van der Waals surface area contributed by atoms with E-state index in [4.69, 9.17) is 29.6 Å². The van der Waals surface area contributed by atoms with Crippen LogP contribution in [-0.4, -0.2) is 4.99 Å². The van der Waals surface area contributed by atoms with Crippen LogP contribution in [0.15, 0.2) is 48.5 Å². The molecule has 0 saturated heterocycles. The number of benzene rings is 2. The van der Waals surface area contributed by atoms with Crippen molar-refractivity contribution in [2.24, 2.45) is 5.73 Å². The molecule has 3 N–H and O–H groups in total. The molecule has 1 unspecified atom stereocenters. The summed E-state index contributed by atoms with van der Waals surface area (Å²) < 4.78 is 0. The van der Waals surface area contributed by atoms with Crippen LogP contribution in [0.1, 0.15) is 30.5 Å². The molecular weight excluding hydrogens is 288 g/mol. The van der Waals surface area contributed by atoms with Gasteiger partial charge in [-0.15, -0.1) is 0 Å². The van der Waals surface area contributed by atoms with Crippen molar-refractivity contribution in [3.8, 4) is 0 Å². The maximum Gasteiger partial charge on any atom is 0.106 e. The van der Waals surface area contributed by atoms with Crippen molar-refractivity contribution >= 4 is 34.5 Å². The standard InChI is InChI=1S/C16H17ClN2S/c1-2-14(11-6-4-3-5-7-11)19-15-10-12(17)8-9-13(15)16(18)20/h3-10,14,19H,2H2,1H3,(H2,18,20). The monoisotopic (exact) mass is 304 g/mol. The summed E-state index contributed by atoms with van der Waals surface area (Å²) in [6.45, 7) is 2.13. The number of anilines is 1. The molecule has 0 radical (unpaired) electrons. The van der Waals surface area contributed by atoms with E-state index in [1.165, 1.54) is 5.56 Å². The van der Waals surface area contributed by atoms with Gasteiger partial charge in [0, 0.05) is 16.3 Å². The molecule has 0 aliphatic rings. The van der Waals surface area contributed by atoms with E-state index in [-0.39, 0.29) is 6.04 Å². The lowest BCUT2D eigenvalue weighted by atomic mass is 10.0. The molecule has 0 heterocycles. The van der Waals surface area contributed by atoms with Gasteiger partial charge in [0.15, 0.2) is 0 Å². The third-order valence-electron chi connectivity index (χ3n) is 3.19. The molecule has 0 aliphatic carbocycles. The van der Waals surface area contributed by atoms with Crippen LogP contribution in [0.4, 0.5) is 5.69 Å². The predicted molar refractivity (Wildman–Crippen MR) is 90.4 cm³/mol. The van der Waals surface area contributed by atoms with E-state index in [9.17, 15) is 0 Å². The van der Waals surface area contributed by atoms with Gasteiger partial charge in [-0.3, -0.25) is 0 Å². The molecule has 2 aromatic rings. The van der Waals surface area contributed by atoms with Crippen LogP contribution in [0.3, 0.4) is 0 Å². The molecule has 1 atom stereocenters. The van der Waals surface area contributed by atoms with Crippen LogP contribution >= 0.6 is 23.8 Å². The van der Waals surface area contributed by atoms with Gasteiger partial charge in [-0.05, 0) is 30.2 Å². The van der Waals surface area contributed by atoms with Gasteiger partial charge in [-0.25, -0.2) is 0 Å². The zero-order chi connectivity index (χ0) is 14.5. The maximum absolute atomic E-state index is 6.07. The zero-order valence-corrected chi connectivity index (χ0v) is 12.8. The highest BCUT2D eigenvalue weighted by Gasteiger charge is 2.12. The number of hydrogen-bond acceptors (Lipinski definition) is 2. The predicted octanol–water partition coefficient (Wildman–Crippen LogP) is 4.54. The van der Waals surface area contributed by atoms with E-state index in [0.29, 0.717) is 10.0 Å². The Balaban J connectivity index is 2.32. The molecule has 2 rings (SSSR count). The fourth-order valence-electron chi connectivity index (χ4n) is 2.14. The molecule has 0 aliphatic heterocycles. The van der Waals surface area contributed by atoms with Gasteiger partial charge in [0.2, 0.25) is 0 Å². The van der Waals surface area contributed by atoms with Gasteiger partial charge >= 0.3 is 0 Å². The largest absolute Gasteiger partial charge is 0.389 e. The van der Waals surface area contributed by atoms with Crippen molar-refractivity contribution in [3.63, 3.8) is 0 Å². The Morgan fingerprint density at radius 1 is 1.25 bits per heavy atom. The van der Waals surface area contributed by atoms with Crippen LogP contribution in [0, 0.1) is 0 Å². The van der Waals surface area contributed by atoms with Gasteiger partial charge in [-0.1, -0.05) is 61.1 Å². The topological polar surface area (TPSA) is 38.0 Å². The van der Waals surface area contributed by atoms with Gasteiger partial charge < -0.3 is 11.1 Å². The van der Waals surface area contributed by atoms with Crippen LogP contribution in [0.5, 0.6) is 0 Å². The Hall–Kier alpha value is -1.58. The SMILES string of the molecule is CCC(Nc1cc(Cl)ccc1C(N)=S)c1ccccc1. The molecule has 4 heteroatoms. The minimum absolute atomic E-state index is 0.197. The summed E-state index contributed by atoms with van der Waals surface area (Å²) >= 11 is 11.2. The van der Waals surface area contributed by atoms with Crippen molar-refractivity contribution in [2.75, 3.05) is 5.32 Å². The highest BCUT2D eigenvalue weighted by atomic mass is 35.5. The molecule has 0 aromatic heterocycles. The summed E-state index contributed by atoms with van der Waals surface area (Å²) in [5, 5.41) is 4.15. The van der Waals surface area contributed by atoms with Crippen LogP contribution in [-0.2, 0) is 0 Å². The summed E-state index contributed by atoms with van der Waals surface area (Å²) in [4.78, 5) is 0.368. The summed E-state index contributed by atoms with van der Waals surface area (Å²) in [5.41, 5.74) is 8.69. The summed E-state index contributed by atoms with van der Waals surface area (Å²) in [6, 6.07) is 16.0. The van der Waals surface area contributed by atoms with E-state index in [1.54, 1.807) is 6.07 Å². The second-order valence-corrected chi connectivity index (χ2v) is 5.45. The van der Waals surface area contributed by atoms with E-state index in [0.717, 1.165) is 17.7 Å². The third-order valence-corrected chi connectivity index (χ3v) is 3.64. The first-order valence-electron chi connectivity index (χ1n) is 6.52. The Kier molecular flexibility index (Phi) is 4.99. The molecule has 0 spiro atoms. The Morgan fingerprint density at radius 2 is 1.95 bits per heavy atom. The number of halogens is 1. The highest BCUT2D eigenvalue weighted by Crippen LogP contribution is 2.27. The normalized spacial score (nSPS) is 11.9. The van der Waals surface area contributed by atoms with E-state index >= 15 is 0 Å². The Bertz CT molecular complexity index is 599. The first-order valence-corrected chi connectivity index (χ1v) is 7.31. The Labute approximate surface area is 130 Å². The fourth-order valence-corrected chi connectivity index (χ4v) is 2.50. The van der Waals surface area contributed by atoms with Crippen molar-refractivity contribution in [3.05, 3.63) is 64.7 Å². The number of nitrogens with one attached hydrogen (secondary N) is 1. The molecule has 20 heavy (non-hydrogen) atoms. The minimum atomic E-state index is 0.197. The third kappa shape index (κ3) is 3.50. The highest BCUT2D eigenvalue weighted by molar-refractivity contribution is 7.80. The van der Waals surface area contributed by atoms with Crippen molar-refractivity contribution in [1.82, 2.24) is 0 Å². The Morgan fingerprint density at radius 3 is 2.55 bits per heavy atom. The summed E-state index contributed by atoms with van der Waals surface area (Å²) in [6.07, 6.45) is 0.952. The molecule has 0 saturated carbocycles. The van der Waals surface area contributed by atoms with E-state index in [1.807, 2.05) is 30.3 Å². The molecule has 0 bridgehead atoms. The van der Waals surface area contributed by atoms with Gasteiger partial charge in [0.25, 0.3) is 0 Å². The zero-order valence-electron chi connectivity index (χ0n) is 11.3. The number of rotatable bonds is 5. The van der Waals surface area contributed by atoms with Gasteiger partial charge in [-0.2, -0.15) is 0 Å². The lowest BCUT2D eigenvalue weighted by Crippen LogP contribution is -2.16. The van der Waals surface area contributed by atoms with Crippen LogP contribution < -0.4 is 11.1 Å². The minimum Gasteiger partial charge on any atom is -0.389 e. The molecule has 0 amide bonds. The molecule has 2 nitrogen and oxygen atoms in total. The number of nitrogens with two attached hydrogens (primary N) is 1. The number of thiocarbonyl (C=S) groups is 1. The van der Waals surface area contributed by atoms with Crippen molar-refractivity contribution in [2.45, 2.75) is 19.4 Å².